The Hall–Kier alpha value is -4.06. The normalized spacial score (nSPS) is 22.1. The van der Waals surface area contributed by atoms with Gasteiger partial charge in [0.25, 0.3) is 0 Å². The van der Waals surface area contributed by atoms with Crippen molar-refractivity contribution in [1.82, 2.24) is 25.2 Å². The van der Waals surface area contributed by atoms with Crippen molar-refractivity contribution in [3.63, 3.8) is 0 Å². The van der Waals surface area contributed by atoms with Gasteiger partial charge in [0.05, 0.1) is 17.3 Å². The summed E-state index contributed by atoms with van der Waals surface area (Å²) in [5.41, 5.74) is 5.49. The molecule has 0 saturated heterocycles. The second-order valence-electron chi connectivity index (χ2n) is 11.4. The van der Waals surface area contributed by atoms with Crippen LogP contribution in [0, 0.1) is 11.8 Å². The van der Waals surface area contributed by atoms with E-state index in [2.05, 4.69) is 78.8 Å². The van der Waals surface area contributed by atoms with Crippen LogP contribution in [0.1, 0.15) is 62.4 Å². The average Bonchev–Trinajstić information content (AvgIpc) is 3.74. The van der Waals surface area contributed by atoms with Crippen LogP contribution in [0.15, 0.2) is 84.9 Å². The molecule has 2 bridgehead atoms. The van der Waals surface area contributed by atoms with Crippen LogP contribution in [-0.2, 0) is 12.0 Å². The van der Waals surface area contributed by atoms with Crippen molar-refractivity contribution < 1.29 is 4.74 Å². The Bertz CT molecular complexity index is 1630. The first kappa shape index (κ1) is 24.0. The van der Waals surface area contributed by atoms with Crippen molar-refractivity contribution in [3.05, 3.63) is 102 Å². The average molecular weight is 516 g/mol. The molecule has 0 aliphatic heterocycles. The van der Waals surface area contributed by atoms with Gasteiger partial charge in [-0.1, -0.05) is 61.0 Å². The minimum atomic E-state index is -0.0939. The van der Waals surface area contributed by atoms with E-state index in [-0.39, 0.29) is 11.5 Å². The van der Waals surface area contributed by atoms with E-state index in [1.807, 2.05) is 30.3 Å². The van der Waals surface area contributed by atoms with Crippen molar-refractivity contribution in [2.45, 2.75) is 57.6 Å². The second-order valence-corrected chi connectivity index (χ2v) is 11.4. The van der Waals surface area contributed by atoms with E-state index < -0.39 is 0 Å². The minimum absolute atomic E-state index is 0.0939. The number of pyridine rings is 1. The Morgan fingerprint density at radius 2 is 1.79 bits per heavy atom. The van der Waals surface area contributed by atoms with E-state index in [1.54, 1.807) is 4.80 Å². The van der Waals surface area contributed by atoms with Crippen LogP contribution < -0.4 is 4.74 Å². The summed E-state index contributed by atoms with van der Waals surface area (Å²) in [6.45, 7) is 4.56. The van der Waals surface area contributed by atoms with Crippen molar-refractivity contribution in [1.29, 1.82) is 0 Å². The molecular formula is C33H33N5O. The lowest BCUT2D eigenvalue weighted by Crippen LogP contribution is -2.34. The summed E-state index contributed by atoms with van der Waals surface area (Å²) in [5, 5.41) is 14.8. The minimum Gasteiger partial charge on any atom is -0.487 e. The van der Waals surface area contributed by atoms with Gasteiger partial charge in [0, 0.05) is 16.4 Å². The number of aromatic nitrogens is 5. The van der Waals surface area contributed by atoms with Crippen molar-refractivity contribution in [3.8, 4) is 17.1 Å². The van der Waals surface area contributed by atoms with Crippen LogP contribution in [0.25, 0.3) is 22.3 Å². The lowest BCUT2D eigenvalue weighted by atomic mass is 9.63. The number of hydrogen-bond donors (Lipinski definition) is 0. The zero-order valence-corrected chi connectivity index (χ0v) is 22.5. The summed E-state index contributed by atoms with van der Waals surface area (Å²) in [4.78, 5) is 6.51. The monoisotopic (exact) mass is 515 g/mol. The maximum Gasteiger partial charge on any atom is 0.205 e. The smallest absolute Gasteiger partial charge is 0.205 e. The fourth-order valence-corrected chi connectivity index (χ4v) is 6.98. The van der Waals surface area contributed by atoms with Gasteiger partial charge in [0.2, 0.25) is 5.82 Å². The SMILES string of the molecule is CC(C)n1nnc(-c2ccc(OCc3ccc4ccccc4n3)cc2[C@]2(c3ccccc3)C[C@H]3CC[C@H]2C3)n1. The van der Waals surface area contributed by atoms with Gasteiger partial charge in [-0.15, -0.1) is 10.2 Å². The molecule has 0 N–H and O–H groups in total. The highest BCUT2D eigenvalue weighted by molar-refractivity contribution is 5.78. The summed E-state index contributed by atoms with van der Waals surface area (Å²) in [6.07, 6.45) is 4.98. The molecule has 0 spiro atoms. The first-order valence-corrected chi connectivity index (χ1v) is 14.1. The zero-order valence-electron chi connectivity index (χ0n) is 22.5. The summed E-state index contributed by atoms with van der Waals surface area (Å²) in [7, 11) is 0. The fraction of sp³-hybridized carbons (Fsp3) is 0.333. The molecule has 3 aromatic carbocycles. The lowest BCUT2D eigenvalue weighted by molar-refractivity contribution is 0.296. The third kappa shape index (κ3) is 4.19. The maximum absolute atomic E-state index is 6.41. The molecule has 6 nitrogen and oxygen atoms in total. The third-order valence-electron chi connectivity index (χ3n) is 8.78. The van der Waals surface area contributed by atoms with Gasteiger partial charge >= 0.3 is 0 Å². The van der Waals surface area contributed by atoms with Gasteiger partial charge in [-0.3, -0.25) is 0 Å². The molecule has 39 heavy (non-hydrogen) atoms. The molecule has 6 heteroatoms. The van der Waals surface area contributed by atoms with Gasteiger partial charge in [-0.05, 0) is 91.6 Å². The van der Waals surface area contributed by atoms with Crippen LogP contribution in [0.4, 0.5) is 0 Å². The number of tetrazole rings is 1. The number of ether oxygens (including phenoxy) is 1. The molecule has 2 saturated carbocycles. The largest absolute Gasteiger partial charge is 0.487 e. The van der Waals surface area contributed by atoms with Crippen molar-refractivity contribution >= 4 is 10.9 Å². The molecule has 2 aromatic heterocycles. The molecule has 2 aliphatic carbocycles. The lowest BCUT2D eigenvalue weighted by Gasteiger charge is -2.40. The second kappa shape index (κ2) is 9.60. The molecule has 0 radical (unpaired) electrons. The highest BCUT2D eigenvalue weighted by Crippen LogP contribution is 2.61. The number of hydrogen-bond acceptors (Lipinski definition) is 5. The Labute approximate surface area is 229 Å². The number of para-hydroxylation sites is 1. The zero-order chi connectivity index (χ0) is 26.4. The first-order chi connectivity index (χ1) is 19.1. The summed E-state index contributed by atoms with van der Waals surface area (Å²) < 4.78 is 6.41. The van der Waals surface area contributed by atoms with Crippen LogP contribution in [0.5, 0.6) is 5.75 Å². The molecule has 2 fully saturated rings. The highest BCUT2D eigenvalue weighted by Gasteiger charge is 2.53. The quantitative estimate of drug-likeness (QED) is 0.230. The summed E-state index contributed by atoms with van der Waals surface area (Å²) in [5.74, 6) is 2.85. The molecule has 5 aromatic rings. The van der Waals surface area contributed by atoms with Crippen LogP contribution >= 0.6 is 0 Å². The third-order valence-corrected chi connectivity index (χ3v) is 8.78. The van der Waals surface area contributed by atoms with Gasteiger partial charge in [0.15, 0.2) is 0 Å². The van der Waals surface area contributed by atoms with Gasteiger partial charge in [0.1, 0.15) is 12.4 Å². The van der Waals surface area contributed by atoms with Gasteiger partial charge in [-0.2, -0.15) is 4.80 Å². The first-order valence-electron chi connectivity index (χ1n) is 14.1. The Morgan fingerprint density at radius 1 is 0.949 bits per heavy atom. The highest BCUT2D eigenvalue weighted by atomic mass is 16.5. The molecule has 3 atom stereocenters. The summed E-state index contributed by atoms with van der Waals surface area (Å²) in [6, 6.07) is 30.0. The molecule has 0 unspecified atom stereocenters. The Morgan fingerprint density at radius 3 is 2.56 bits per heavy atom. The maximum atomic E-state index is 6.41. The molecule has 196 valence electrons. The van der Waals surface area contributed by atoms with Crippen LogP contribution in [0.2, 0.25) is 0 Å². The molecule has 2 aliphatic rings. The van der Waals surface area contributed by atoms with E-state index in [4.69, 9.17) is 14.8 Å². The predicted octanol–water partition coefficient (Wildman–Crippen LogP) is 7.15. The topological polar surface area (TPSA) is 65.7 Å². The fourth-order valence-electron chi connectivity index (χ4n) is 6.98. The van der Waals surface area contributed by atoms with E-state index in [1.165, 1.54) is 30.4 Å². The number of nitrogens with zero attached hydrogens (tertiary/aromatic N) is 5. The molecular weight excluding hydrogens is 482 g/mol. The van der Waals surface area contributed by atoms with Crippen molar-refractivity contribution in [2.75, 3.05) is 0 Å². The van der Waals surface area contributed by atoms with Crippen molar-refractivity contribution in [2.24, 2.45) is 11.8 Å². The van der Waals surface area contributed by atoms with E-state index >= 15 is 0 Å². The molecule has 7 rings (SSSR count). The van der Waals surface area contributed by atoms with E-state index in [0.29, 0.717) is 18.3 Å². The van der Waals surface area contributed by atoms with Gasteiger partial charge < -0.3 is 4.74 Å². The van der Waals surface area contributed by atoms with Crippen LogP contribution in [-0.4, -0.2) is 25.2 Å². The number of rotatable bonds is 7. The number of benzene rings is 3. The number of fused-ring (bicyclic) bond motifs is 3. The summed E-state index contributed by atoms with van der Waals surface area (Å²) >= 11 is 0. The predicted molar refractivity (Wildman–Crippen MR) is 152 cm³/mol. The Kier molecular flexibility index (Phi) is 5.91. The Balaban J connectivity index is 1.32. The van der Waals surface area contributed by atoms with E-state index in [0.717, 1.165) is 40.2 Å². The van der Waals surface area contributed by atoms with Crippen LogP contribution in [0.3, 0.4) is 0 Å². The molecule has 2 heterocycles. The van der Waals surface area contributed by atoms with E-state index in [9.17, 15) is 0 Å². The molecule has 0 amide bonds. The standard InChI is InChI=1S/C33H33N5O/c1-22(2)38-36-32(35-37-38)29-17-16-28(39-21-27-15-13-24-8-6-7-11-31(24)34-27)19-30(29)33(25-9-4-3-5-10-25)20-23-12-14-26(33)18-23/h3-11,13,15-17,19,22-23,26H,12,14,18,20-21H2,1-2H3/t23-,26-,33-/m0/s1. The van der Waals surface area contributed by atoms with Gasteiger partial charge in [-0.25, -0.2) is 4.98 Å².